The van der Waals surface area contributed by atoms with Gasteiger partial charge in [-0.05, 0) is 68.4 Å². The number of carbonyl (C=O) groups is 1. The van der Waals surface area contributed by atoms with Crippen LogP contribution in [0.4, 0.5) is 5.69 Å². The fourth-order valence-electron chi connectivity index (χ4n) is 5.69. The Labute approximate surface area is 177 Å². The summed E-state index contributed by atoms with van der Waals surface area (Å²) in [4.78, 5) is 24.8. The third kappa shape index (κ3) is 4.51. The lowest BCUT2D eigenvalue weighted by Crippen LogP contribution is -2.39. The average Bonchev–Trinajstić information content (AvgIpc) is 3.45. The van der Waals surface area contributed by atoms with Gasteiger partial charge in [-0.2, -0.15) is 0 Å². The van der Waals surface area contributed by atoms with E-state index in [4.69, 9.17) is 0 Å². The monoisotopic (exact) mass is 435 g/mol. The molecule has 1 heterocycles. The minimum absolute atomic E-state index is 0.00653. The van der Waals surface area contributed by atoms with Crippen LogP contribution in [-0.4, -0.2) is 43.3 Å². The molecule has 2 bridgehead atoms. The Morgan fingerprint density at radius 2 is 1.93 bits per heavy atom. The maximum absolute atomic E-state index is 12.7. The summed E-state index contributed by atoms with van der Waals surface area (Å²) in [5.74, 6) is 2.51. The summed E-state index contributed by atoms with van der Waals surface area (Å²) in [6.07, 6.45) is 8.71. The molecule has 1 aromatic rings. The third-order valence-corrected chi connectivity index (χ3v) is 8.62. The summed E-state index contributed by atoms with van der Waals surface area (Å²) in [5, 5.41) is 10.7. The zero-order valence-corrected chi connectivity index (χ0v) is 17.9. The molecular formula is C21H29N3O5S. The first-order valence-electron chi connectivity index (χ1n) is 10.9. The molecule has 4 atom stereocenters. The maximum atomic E-state index is 12.7. The van der Waals surface area contributed by atoms with Crippen molar-refractivity contribution in [2.45, 2.75) is 62.3 Å². The molecule has 164 valence electrons. The lowest BCUT2D eigenvalue weighted by atomic mass is 9.83. The van der Waals surface area contributed by atoms with E-state index in [0.29, 0.717) is 6.04 Å². The molecule has 30 heavy (non-hydrogen) atoms. The van der Waals surface area contributed by atoms with Crippen molar-refractivity contribution in [3.8, 4) is 0 Å². The molecule has 0 aromatic heterocycles. The summed E-state index contributed by atoms with van der Waals surface area (Å²) in [6, 6.07) is 5.02. The van der Waals surface area contributed by atoms with E-state index in [9.17, 15) is 23.3 Å². The topological polar surface area (TPSA) is 110 Å². The van der Waals surface area contributed by atoms with Crippen molar-refractivity contribution in [3.63, 3.8) is 0 Å². The van der Waals surface area contributed by atoms with Gasteiger partial charge in [0.1, 0.15) is 0 Å². The number of sulfonamides is 1. The summed E-state index contributed by atoms with van der Waals surface area (Å²) in [6.45, 7) is 0.787. The van der Waals surface area contributed by atoms with Crippen LogP contribution in [0.2, 0.25) is 0 Å². The lowest BCUT2D eigenvalue weighted by Gasteiger charge is -2.30. The van der Waals surface area contributed by atoms with Gasteiger partial charge < -0.3 is 4.90 Å². The van der Waals surface area contributed by atoms with Gasteiger partial charge in [-0.25, -0.2) is 13.1 Å². The SMILES string of the molecule is O=C(CCNS(=O)(=O)c1ccc([N+](=O)[O-])cc1)N1CCCC1CC1CC2CCC1C2. The molecule has 2 saturated carbocycles. The molecule has 0 radical (unpaired) electrons. The van der Waals surface area contributed by atoms with E-state index < -0.39 is 14.9 Å². The van der Waals surface area contributed by atoms with E-state index in [1.54, 1.807) is 0 Å². The molecule has 8 nitrogen and oxygen atoms in total. The Morgan fingerprint density at radius 3 is 2.57 bits per heavy atom. The highest BCUT2D eigenvalue weighted by atomic mass is 32.2. The third-order valence-electron chi connectivity index (χ3n) is 7.15. The van der Waals surface area contributed by atoms with E-state index in [-0.39, 0.29) is 29.5 Å². The van der Waals surface area contributed by atoms with Gasteiger partial charge >= 0.3 is 0 Å². The van der Waals surface area contributed by atoms with Gasteiger partial charge in [-0.1, -0.05) is 6.42 Å². The fraction of sp³-hybridized carbons (Fsp3) is 0.667. The number of hydrogen-bond donors (Lipinski definition) is 1. The predicted molar refractivity (Wildman–Crippen MR) is 111 cm³/mol. The molecule has 4 rings (SSSR count). The van der Waals surface area contributed by atoms with Crippen molar-refractivity contribution in [2.75, 3.05) is 13.1 Å². The molecule has 1 N–H and O–H groups in total. The van der Waals surface area contributed by atoms with Gasteiger partial charge in [0.2, 0.25) is 15.9 Å². The highest BCUT2D eigenvalue weighted by molar-refractivity contribution is 7.89. The van der Waals surface area contributed by atoms with Gasteiger partial charge in [0.05, 0.1) is 9.82 Å². The number of nitrogens with one attached hydrogen (secondary N) is 1. The molecule has 0 spiro atoms. The van der Waals surface area contributed by atoms with Crippen molar-refractivity contribution < 1.29 is 18.1 Å². The summed E-state index contributed by atoms with van der Waals surface area (Å²) >= 11 is 0. The summed E-state index contributed by atoms with van der Waals surface area (Å²) in [5.41, 5.74) is -0.167. The van der Waals surface area contributed by atoms with Crippen LogP contribution in [-0.2, 0) is 14.8 Å². The molecule has 4 unspecified atom stereocenters. The minimum atomic E-state index is -3.80. The zero-order chi connectivity index (χ0) is 21.3. The largest absolute Gasteiger partial charge is 0.340 e. The van der Waals surface area contributed by atoms with Gasteiger partial charge in [0.15, 0.2) is 0 Å². The standard InChI is InChI=1S/C21H29N3O5S/c25-21(9-10-22-30(28,29)20-7-5-18(6-8-20)24(26)27)23-11-1-2-19(23)14-17-13-15-3-4-16(17)12-15/h5-8,15-17,19,22H,1-4,9-14H2. The molecule has 1 amide bonds. The molecule has 1 aromatic carbocycles. The maximum Gasteiger partial charge on any atom is 0.269 e. The van der Waals surface area contributed by atoms with E-state index >= 15 is 0 Å². The number of amides is 1. The number of non-ortho nitro benzene ring substituents is 1. The van der Waals surface area contributed by atoms with Crippen molar-refractivity contribution in [2.24, 2.45) is 17.8 Å². The number of hydrogen-bond acceptors (Lipinski definition) is 5. The Hall–Kier alpha value is -2.00. The lowest BCUT2D eigenvalue weighted by molar-refractivity contribution is -0.384. The first-order valence-corrected chi connectivity index (χ1v) is 12.4. The molecule has 9 heteroatoms. The van der Waals surface area contributed by atoms with Gasteiger partial charge in [-0.15, -0.1) is 0 Å². The number of nitro groups is 1. The summed E-state index contributed by atoms with van der Waals surface area (Å²) < 4.78 is 27.2. The Balaban J connectivity index is 1.27. The highest BCUT2D eigenvalue weighted by Gasteiger charge is 2.42. The zero-order valence-electron chi connectivity index (χ0n) is 17.0. The van der Waals surface area contributed by atoms with Crippen LogP contribution < -0.4 is 4.72 Å². The normalized spacial score (nSPS) is 28.2. The highest BCUT2D eigenvalue weighted by Crippen LogP contribution is 2.50. The van der Waals surface area contributed by atoms with Crippen LogP contribution in [0.25, 0.3) is 0 Å². The number of nitrogens with zero attached hydrogens (tertiary/aromatic N) is 2. The van der Waals surface area contributed by atoms with Gasteiger partial charge in [-0.3, -0.25) is 14.9 Å². The quantitative estimate of drug-likeness (QED) is 0.498. The number of benzene rings is 1. The van der Waals surface area contributed by atoms with Crippen molar-refractivity contribution in [1.29, 1.82) is 0 Å². The second-order valence-corrected chi connectivity index (χ2v) is 10.7. The van der Waals surface area contributed by atoms with Crippen LogP contribution in [0.1, 0.15) is 51.4 Å². The number of likely N-dealkylation sites (tertiary alicyclic amines) is 1. The Kier molecular flexibility index (Phi) is 6.11. The minimum Gasteiger partial charge on any atom is -0.340 e. The first-order chi connectivity index (χ1) is 14.3. The Bertz CT molecular complexity index is 902. The molecule has 3 fully saturated rings. The average molecular weight is 436 g/mol. The van der Waals surface area contributed by atoms with Gasteiger partial charge in [0, 0.05) is 37.7 Å². The molecule has 1 saturated heterocycles. The number of fused-ring (bicyclic) bond motifs is 2. The second kappa shape index (κ2) is 8.63. The fourth-order valence-corrected chi connectivity index (χ4v) is 6.72. The smallest absolute Gasteiger partial charge is 0.269 e. The van der Waals surface area contributed by atoms with Crippen LogP contribution in [0.3, 0.4) is 0 Å². The van der Waals surface area contributed by atoms with Crippen molar-refractivity contribution >= 4 is 21.6 Å². The van der Waals surface area contributed by atoms with Crippen LogP contribution in [0.15, 0.2) is 29.2 Å². The van der Waals surface area contributed by atoms with E-state index in [1.165, 1.54) is 37.8 Å². The second-order valence-electron chi connectivity index (χ2n) is 8.95. The first kappa shape index (κ1) is 21.2. The van der Waals surface area contributed by atoms with Crippen LogP contribution in [0.5, 0.6) is 0 Å². The molecule has 1 aliphatic heterocycles. The van der Waals surface area contributed by atoms with E-state index in [1.807, 2.05) is 4.90 Å². The number of nitro benzene ring substituents is 1. The van der Waals surface area contributed by atoms with Crippen molar-refractivity contribution in [1.82, 2.24) is 9.62 Å². The van der Waals surface area contributed by atoms with Crippen LogP contribution >= 0.6 is 0 Å². The van der Waals surface area contributed by atoms with E-state index in [2.05, 4.69) is 4.72 Å². The van der Waals surface area contributed by atoms with Crippen LogP contribution in [0, 0.1) is 27.9 Å². The Morgan fingerprint density at radius 1 is 1.17 bits per heavy atom. The molecular weight excluding hydrogens is 406 g/mol. The molecule has 3 aliphatic rings. The summed E-state index contributed by atoms with van der Waals surface area (Å²) in [7, 11) is -3.80. The molecule has 2 aliphatic carbocycles. The van der Waals surface area contributed by atoms with E-state index in [0.717, 1.165) is 55.7 Å². The van der Waals surface area contributed by atoms with Gasteiger partial charge in [0.25, 0.3) is 5.69 Å². The number of carbonyl (C=O) groups excluding carboxylic acids is 1. The van der Waals surface area contributed by atoms with Crippen molar-refractivity contribution in [3.05, 3.63) is 34.4 Å². The number of rotatable bonds is 8. The predicted octanol–water partition coefficient (Wildman–Crippen LogP) is 3.08.